The molecule has 0 spiro atoms. The summed E-state index contributed by atoms with van der Waals surface area (Å²) >= 11 is 0. The Hall–Kier alpha value is -4.86. The smallest absolute Gasteiger partial charge is 0.424 e. The fourth-order valence-electron chi connectivity index (χ4n) is 4.72. The summed E-state index contributed by atoms with van der Waals surface area (Å²) in [6.07, 6.45) is -3.36. The Kier molecular flexibility index (Phi) is 8.84. The van der Waals surface area contributed by atoms with Crippen LogP contribution in [0.25, 0.3) is 22.2 Å². The number of nitrogens with one attached hydrogen (secondary N) is 1. The van der Waals surface area contributed by atoms with Crippen LogP contribution in [0.1, 0.15) is 41.0 Å². The Morgan fingerprint density at radius 2 is 1.85 bits per heavy atom. The van der Waals surface area contributed by atoms with Crippen molar-refractivity contribution >= 4 is 22.7 Å². The van der Waals surface area contributed by atoms with Gasteiger partial charge in [-0.25, -0.2) is 14.1 Å². The van der Waals surface area contributed by atoms with Gasteiger partial charge >= 0.3 is 12.7 Å². The van der Waals surface area contributed by atoms with Gasteiger partial charge in [0.1, 0.15) is 28.5 Å². The van der Waals surface area contributed by atoms with Crippen LogP contribution in [0.3, 0.4) is 0 Å². The van der Waals surface area contributed by atoms with Crippen molar-refractivity contribution in [1.82, 2.24) is 20.1 Å². The van der Waals surface area contributed by atoms with Crippen LogP contribution in [0.15, 0.2) is 48.7 Å². The van der Waals surface area contributed by atoms with Crippen molar-refractivity contribution in [1.29, 1.82) is 0 Å². The van der Waals surface area contributed by atoms with Crippen molar-refractivity contribution in [3.63, 3.8) is 0 Å². The van der Waals surface area contributed by atoms with Crippen molar-refractivity contribution in [2.45, 2.75) is 37.6 Å². The molecule has 5 rings (SSSR count). The molecule has 0 saturated heterocycles. The van der Waals surface area contributed by atoms with Gasteiger partial charge in [0.15, 0.2) is 0 Å². The first kappa shape index (κ1) is 32.5. The molecule has 4 N–H and O–H groups in total. The topological polar surface area (TPSA) is 142 Å². The fraction of sp³-hybridized carbons (Fsp3) is 0.333. The van der Waals surface area contributed by atoms with Crippen molar-refractivity contribution < 1.29 is 50.5 Å². The third-order valence-electron chi connectivity index (χ3n) is 7.36. The second-order valence-corrected chi connectivity index (χ2v) is 10.8. The molecule has 46 heavy (non-hydrogen) atoms. The Morgan fingerprint density at radius 1 is 1.15 bits per heavy atom. The van der Waals surface area contributed by atoms with Crippen LogP contribution in [-0.4, -0.2) is 58.1 Å². The van der Waals surface area contributed by atoms with Crippen molar-refractivity contribution in [2.75, 3.05) is 20.3 Å². The van der Waals surface area contributed by atoms with Gasteiger partial charge in [-0.2, -0.15) is 27.1 Å². The first-order chi connectivity index (χ1) is 21.7. The summed E-state index contributed by atoms with van der Waals surface area (Å²) in [5.41, 5.74) is 0.0711. The van der Waals surface area contributed by atoms with E-state index in [9.17, 15) is 41.0 Å². The summed E-state index contributed by atoms with van der Waals surface area (Å²) in [6, 6.07) is 7.63. The third kappa shape index (κ3) is 6.71. The third-order valence-corrected chi connectivity index (χ3v) is 7.36. The number of nitrogens with zero attached hydrogens (tertiary/aromatic N) is 3. The van der Waals surface area contributed by atoms with Gasteiger partial charge in [-0.1, -0.05) is 0 Å². The van der Waals surface area contributed by atoms with Crippen LogP contribution >= 0.6 is 0 Å². The molecule has 2 amide bonds. The van der Waals surface area contributed by atoms with Crippen LogP contribution in [-0.2, 0) is 16.8 Å². The SMILES string of the molecule is COc1cc(C(=O)NC[C@](O)(c2cc(CC(N)=O)c(OCC3CC3)c(-c3ccc(F)cc3)n2)C(F)(F)F)cc2cn(C(F)F)nc12. The number of nitrogens with two attached hydrogens (primary N) is 1. The molecule has 1 aliphatic rings. The predicted octanol–water partition coefficient (Wildman–Crippen LogP) is 4.64. The zero-order valence-electron chi connectivity index (χ0n) is 24.1. The number of rotatable bonds is 12. The van der Waals surface area contributed by atoms with Crippen molar-refractivity contribution in [2.24, 2.45) is 11.7 Å². The highest BCUT2D eigenvalue weighted by Gasteiger charge is 2.57. The van der Waals surface area contributed by atoms with E-state index in [1.165, 1.54) is 19.2 Å². The summed E-state index contributed by atoms with van der Waals surface area (Å²) in [5.74, 6) is -2.64. The second-order valence-electron chi connectivity index (χ2n) is 10.8. The van der Waals surface area contributed by atoms with Gasteiger partial charge in [0.25, 0.3) is 5.91 Å². The number of hydrogen-bond donors (Lipinski definition) is 3. The number of amides is 2. The van der Waals surface area contributed by atoms with E-state index in [-0.39, 0.29) is 57.3 Å². The van der Waals surface area contributed by atoms with Gasteiger partial charge in [-0.3, -0.25) is 9.59 Å². The van der Waals surface area contributed by atoms with E-state index in [1.54, 1.807) is 0 Å². The maximum absolute atomic E-state index is 14.7. The fourth-order valence-corrected chi connectivity index (χ4v) is 4.72. The van der Waals surface area contributed by atoms with Gasteiger partial charge in [-0.15, -0.1) is 0 Å². The van der Waals surface area contributed by atoms with Crippen molar-refractivity contribution in [3.8, 4) is 22.8 Å². The summed E-state index contributed by atoms with van der Waals surface area (Å²) in [7, 11) is 1.19. The quantitative estimate of drug-likeness (QED) is 0.190. The highest BCUT2D eigenvalue weighted by atomic mass is 19.4. The van der Waals surface area contributed by atoms with E-state index in [0.717, 1.165) is 49.4 Å². The molecule has 10 nitrogen and oxygen atoms in total. The maximum Gasteiger partial charge on any atom is 0.424 e. The van der Waals surface area contributed by atoms with E-state index in [1.807, 2.05) is 5.32 Å². The van der Waals surface area contributed by atoms with E-state index >= 15 is 0 Å². The highest BCUT2D eigenvalue weighted by molar-refractivity contribution is 6.00. The molecular formula is C30H27F6N5O5. The van der Waals surface area contributed by atoms with Gasteiger partial charge in [0, 0.05) is 28.3 Å². The van der Waals surface area contributed by atoms with E-state index in [2.05, 4.69) is 10.1 Å². The van der Waals surface area contributed by atoms with Crippen LogP contribution in [0.5, 0.6) is 11.5 Å². The number of pyridine rings is 1. The van der Waals surface area contributed by atoms with Crippen molar-refractivity contribution in [3.05, 3.63) is 71.3 Å². The first-order valence-electron chi connectivity index (χ1n) is 13.8. The number of carbonyl (C=O) groups excluding carboxylic acids is 2. The molecule has 1 saturated carbocycles. The highest BCUT2D eigenvalue weighted by Crippen LogP contribution is 2.43. The Balaban J connectivity index is 1.55. The molecule has 0 bridgehead atoms. The molecule has 1 fully saturated rings. The molecule has 0 aliphatic heterocycles. The van der Waals surface area contributed by atoms with E-state index in [4.69, 9.17) is 15.2 Å². The molecule has 244 valence electrons. The lowest BCUT2D eigenvalue weighted by Gasteiger charge is -2.31. The standard InChI is InChI=1S/C30H27F6N5O5/c1-45-21-9-18(8-19-12-41(28(32)33)40-24(19)21)27(43)38-14-29(44,30(34,35)36)22-10-17(11-23(37)42)26(46-13-15-2-3-15)25(39-22)16-4-6-20(31)7-5-16/h4-10,12,15,28,44H,2-3,11,13-14H2,1H3,(H2,37,42)(H,38,43)/t29-/m0/s1. The Morgan fingerprint density at radius 3 is 2.43 bits per heavy atom. The van der Waals surface area contributed by atoms with E-state index < -0.39 is 54.6 Å². The number of ether oxygens (including phenoxy) is 2. The van der Waals surface area contributed by atoms with Crippen LogP contribution in [0.2, 0.25) is 0 Å². The number of fused-ring (bicyclic) bond motifs is 1. The molecule has 2 aromatic carbocycles. The van der Waals surface area contributed by atoms with Crippen LogP contribution in [0.4, 0.5) is 26.3 Å². The molecule has 2 aromatic heterocycles. The number of alkyl halides is 5. The lowest BCUT2D eigenvalue weighted by atomic mass is 9.93. The maximum atomic E-state index is 14.7. The number of hydrogen-bond acceptors (Lipinski definition) is 7. The summed E-state index contributed by atoms with van der Waals surface area (Å²) in [4.78, 5) is 29.2. The minimum atomic E-state index is -5.44. The number of primary amides is 1. The van der Waals surface area contributed by atoms with Gasteiger partial charge in [0.2, 0.25) is 11.5 Å². The second kappa shape index (κ2) is 12.5. The zero-order chi connectivity index (χ0) is 33.4. The van der Waals surface area contributed by atoms with Crippen LogP contribution < -0.4 is 20.5 Å². The lowest BCUT2D eigenvalue weighted by molar-refractivity contribution is -0.265. The number of benzene rings is 2. The molecular weight excluding hydrogens is 624 g/mol. The largest absolute Gasteiger partial charge is 0.494 e. The van der Waals surface area contributed by atoms with Gasteiger partial charge in [-0.05, 0) is 61.2 Å². The minimum absolute atomic E-state index is 0.0188. The summed E-state index contributed by atoms with van der Waals surface area (Å²) in [5, 5.41) is 17.0. The molecule has 0 unspecified atom stereocenters. The number of methoxy groups -OCH3 is 1. The number of halogens is 6. The predicted molar refractivity (Wildman–Crippen MR) is 151 cm³/mol. The normalized spacial score (nSPS) is 14.7. The first-order valence-corrected chi connectivity index (χ1v) is 13.8. The summed E-state index contributed by atoms with van der Waals surface area (Å²) < 4.78 is 95.5. The van der Waals surface area contributed by atoms with Gasteiger partial charge < -0.3 is 25.6 Å². The lowest BCUT2D eigenvalue weighted by Crippen LogP contribution is -2.51. The Bertz CT molecular complexity index is 1770. The molecule has 2 heterocycles. The zero-order valence-corrected chi connectivity index (χ0v) is 24.1. The van der Waals surface area contributed by atoms with Gasteiger partial charge in [0.05, 0.1) is 32.4 Å². The van der Waals surface area contributed by atoms with Crippen LogP contribution in [0, 0.1) is 11.7 Å². The average molecular weight is 652 g/mol. The number of aliphatic hydroxyl groups is 1. The monoisotopic (exact) mass is 651 g/mol. The molecule has 0 radical (unpaired) electrons. The molecule has 4 aromatic rings. The van der Waals surface area contributed by atoms with E-state index in [0.29, 0.717) is 4.68 Å². The summed E-state index contributed by atoms with van der Waals surface area (Å²) in [6.45, 7) is -4.29. The molecule has 16 heteroatoms. The molecule has 1 atom stereocenters. The minimum Gasteiger partial charge on any atom is -0.494 e. The number of aromatic nitrogens is 3. The molecule has 1 aliphatic carbocycles. The Labute approximate surface area is 257 Å². The average Bonchev–Trinajstić information content (AvgIpc) is 3.72. The number of carbonyl (C=O) groups is 2.